The van der Waals surface area contributed by atoms with Crippen LogP contribution in [-0.4, -0.2) is 24.3 Å². The lowest BCUT2D eigenvalue weighted by Gasteiger charge is -2.05. The molecule has 2 heterocycles. The molecule has 0 saturated heterocycles. The minimum absolute atomic E-state index is 0.0364. The van der Waals surface area contributed by atoms with Crippen molar-refractivity contribution in [2.45, 2.75) is 11.4 Å². The Morgan fingerprint density at radius 2 is 1.96 bits per heavy atom. The molecule has 0 fully saturated rings. The molecule has 118 valence electrons. The van der Waals surface area contributed by atoms with Gasteiger partial charge in [-0.15, -0.1) is 0 Å². The summed E-state index contributed by atoms with van der Waals surface area (Å²) in [5.74, 6) is -0.265. The van der Waals surface area contributed by atoms with Crippen molar-refractivity contribution < 1.29 is 13.2 Å². The predicted octanol–water partition coefficient (Wildman–Crippen LogP) is 1.14. The Morgan fingerprint density at radius 1 is 1.22 bits per heavy atom. The first-order chi connectivity index (χ1) is 10.9. The number of H-pyrrole nitrogens is 1. The van der Waals surface area contributed by atoms with E-state index in [-0.39, 0.29) is 17.3 Å². The highest BCUT2D eigenvalue weighted by atomic mass is 32.2. The summed E-state index contributed by atoms with van der Waals surface area (Å²) in [6.07, 6.45) is 1.66. The monoisotopic (exact) mass is 330 g/mol. The number of amides is 1. The lowest BCUT2D eigenvalue weighted by molar-refractivity contribution is 0.0946. The van der Waals surface area contributed by atoms with Crippen molar-refractivity contribution in [3.63, 3.8) is 0 Å². The zero-order valence-corrected chi connectivity index (χ0v) is 12.8. The molecular formula is C15H14N4O3S. The van der Waals surface area contributed by atoms with Crippen molar-refractivity contribution in [1.29, 1.82) is 0 Å². The number of sulfonamides is 1. The number of aromatic nitrogens is 2. The molecule has 3 rings (SSSR count). The summed E-state index contributed by atoms with van der Waals surface area (Å²) in [4.78, 5) is 19.3. The van der Waals surface area contributed by atoms with Crippen LogP contribution in [-0.2, 0) is 16.6 Å². The zero-order chi connectivity index (χ0) is 16.4. The number of nitrogens with zero attached hydrogens (tertiary/aromatic N) is 1. The van der Waals surface area contributed by atoms with Crippen LogP contribution in [0.5, 0.6) is 0 Å². The van der Waals surface area contributed by atoms with Crippen LogP contribution in [0.15, 0.2) is 53.6 Å². The van der Waals surface area contributed by atoms with Crippen LogP contribution < -0.4 is 10.5 Å². The molecule has 3 aromatic rings. The number of carbonyl (C=O) groups excluding carboxylic acids is 1. The van der Waals surface area contributed by atoms with E-state index in [0.717, 1.165) is 16.6 Å². The highest BCUT2D eigenvalue weighted by Crippen LogP contribution is 2.12. The van der Waals surface area contributed by atoms with Gasteiger partial charge in [0.15, 0.2) is 0 Å². The van der Waals surface area contributed by atoms with Crippen molar-refractivity contribution in [2.24, 2.45) is 5.14 Å². The second kappa shape index (κ2) is 5.82. The number of rotatable bonds is 4. The number of hydrogen-bond acceptors (Lipinski definition) is 4. The molecule has 1 aromatic carbocycles. The summed E-state index contributed by atoms with van der Waals surface area (Å²) in [6.45, 7) is 0.270. The molecule has 0 aliphatic rings. The first-order valence-corrected chi connectivity index (χ1v) is 8.32. The van der Waals surface area contributed by atoms with E-state index in [4.69, 9.17) is 5.14 Å². The Morgan fingerprint density at radius 3 is 2.61 bits per heavy atom. The maximum atomic E-state index is 12.1. The Kier molecular flexibility index (Phi) is 3.85. The normalized spacial score (nSPS) is 11.5. The molecule has 8 heteroatoms. The number of carbonyl (C=O) groups is 1. The molecule has 7 nitrogen and oxygen atoms in total. The SMILES string of the molecule is NS(=O)(=O)c1ccc(CNC(=O)c2cc3ncccc3[nH]2)cc1. The topological polar surface area (TPSA) is 118 Å². The van der Waals surface area contributed by atoms with E-state index in [1.165, 1.54) is 12.1 Å². The number of hydrogen-bond donors (Lipinski definition) is 3. The highest BCUT2D eigenvalue weighted by Gasteiger charge is 2.10. The molecule has 2 aromatic heterocycles. The van der Waals surface area contributed by atoms with Crippen LogP contribution in [0.2, 0.25) is 0 Å². The highest BCUT2D eigenvalue weighted by molar-refractivity contribution is 7.89. The molecule has 0 aliphatic carbocycles. The van der Waals surface area contributed by atoms with E-state index >= 15 is 0 Å². The second-order valence-corrected chi connectivity index (χ2v) is 6.55. The fraction of sp³-hybridized carbons (Fsp3) is 0.0667. The van der Waals surface area contributed by atoms with Gasteiger partial charge in [-0.05, 0) is 35.9 Å². The molecule has 4 N–H and O–H groups in total. The summed E-state index contributed by atoms with van der Waals surface area (Å²) in [6, 6.07) is 11.3. The van der Waals surface area contributed by atoms with Crippen molar-refractivity contribution in [3.05, 3.63) is 59.9 Å². The predicted molar refractivity (Wildman–Crippen MR) is 85.1 cm³/mol. The Balaban J connectivity index is 1.69. The minimum Gasteiger partial charge on any atom is -0.349 e. The van der Waals surface area contributed by atoms with Gasteiger partial charge in [0.05, 0.1) is 15.9 Å². The van der Waals surface area contributed by atoms with Gasteiger partial charge in [0, 0.05) is 12.7 Å². The average Bonchev–Trinajstić information content (AvgIpc) is 2.96. The lowest BCUT2D eigenvalue weighted by Crippen LogP contribution is -2.23. The number of nitrogens with two attached hydrogens (primary N) is 1. The number of benzene rings is 1. The fourth-order valence-corrected chi connectivity index (χ4v) is 2.67. The van der Waals surface area contributed by atoms with Crippen LogP contribution >= 0.6 is 0 Å². The van der Waals surface area contributed by atoms with Crippen LogP contribution in [0.3, 0.4) is 0 Å². The number of pyridine rings is 1. The van der Waals surface area contributed by atoms with Gasteiger partial charge >= 0.3 is 0 Å². The van der Waals surface area contributed by atoms with Gasteiger partial charge < -0.3 is 10.3 Å². The molecular weight excluding hydrogens is 316 g/mol. The molecule has 0 bridgehead atoms. The minimum atomic E-state index is -3.71. The van der Waals surface area contributed by atoms with Crippen LogP contribution in [0.4, 0.5) is 0 Å². The van der Waals surface area contributed by atoms with Crippen LogP contribution in [0.1, 0.15) is 16.1 Å². The molecule has 0 atom stereocenters. The number of nitrogens with one attached hydrogen (secondary N) is 2. The zero-order valence-electron chi connectivity index (χ0n) is 12.0. The van der Waals surface area contributed by atoms with E-state index in [1.54, 1.807) is 30.5 Å². The van der Waals surface area contributed by atoms with Crippen molar-refractivity contribution in [3.8, 4) is 0 Å². The maximum Gasteiger partial charge on any atom is 0.268 e. The van der Waals surface area contributed by atoms with Crippen molar-refractivity contribution in [2.75, 3.05) is 0 Å². The quantitative estimate of drug-likeness (QED) is 0.664. The van der Waals surface area contributed by atoms with Gasteiger partial charge in [-0.2, -0.15) is 0 Å². The first kappa shape index (κ1) is 15.2. The van der Waals surface area contributed by atoms with Gasteiger partial charge in [-0.25, -0.2) is 13.6 Å². The summed E-state index contributed by atoms with van der Waals surface area (Å²) >= 11 is 0. The summed E-state index contributed by atoms with van der Waals surface area (Å²) in [5, 5.41) is 7.79. The van der Waals surface area contributed by atoms with E-state index < -0.39 is 10.0 Å². The molecule has 0 unspecified atom stereocenters. The Bertz CT molecular complexity index is 929. The third-order valence-electron chi connectivity index (χ3n) is 3.34. The van der Waals surface area contributed by atoms with Gasteiger partial charge in [0.25, 0.3) is 5.91 Å². The smallest absolute Gasteiger partial charge is 0.268 e. The number of aromatic amines is 1. The molecule has 1 amide bonds. The standard InChI is InChI=1S/C15H14N4O3S/c16-23(21,22)11-5-3-10(4-6-11)9-18-15(20)14-8-13-12(19-14)2-1-7-17-13/h1-8,19H,9H2,(H,18,20)(H2,16,21,22). The van der Waals surface area contributed by atoms with E-state index in [9.17, 15) is 13.2 Å². The van der Waals surface area contributed by atoms with Gasteiger partial charge in [-0.3, -0.25) is 9.78 Å². The van der Waals surface area contributed by atoms with Gasteiger partial charge in [0.2, 0.25) is 10.0 Å². The number of fused-ring (bicyclic) bond motifs is 1. The largest absolute Gasteiger partial charge is 0.349 e. The summed E-state index contributed by atoms with van der Waals surface area (Å²) in [7, 11) is -3.71. The summed E-state index contributed by atoms with van der Waals surface area (Å²) < 4.78 is 22.4. The molecule has 0 saturated carbocycles. The average molecular weight is 330 g/mol. The fourth-order valence-electron chi connectivity index (χ4n) is 2.15. The molecule has 0 aliphatic heterocycles. The summed E-state index contributed by atoms with van der Waals surface area (Å²) in [5.41, 5.74) is 2.69. The van der Waals surface area contributed by atoms with Gasteiger partial charge in [-0.1, -0.05) is 12.1 Å². The molecule has 23 heavy (non-hydrogen) atoms. The second-order valence-electron chi connectivity index (χ2n) is 4.99. The van der Waals surface area contributed by atoms with E-state index in [0.29, 0.717) is 5.69 Å². The van der Waals surface area contributed by atoms with Crippen LogP contribution in [0.25, 0.3) is 11.0 Å². The third kappa shape index (κ3) is 3.38. The molecule has 0 spiro atoms. The van der Waals surface area contributed by atoms with E-state index in [1.807, 2.05) is 6.07 Å². The Labute approximate surface area is 132 Å². The van der Waals surface area contributed by atoms with Crippen LogP contribution in [0, 0.1) is 0 Å². The third-order valence-corrected chi connectivity index (χ3v) is 4.27. The van der Waals surface area contributed by atoms with E-state index in [2.05, 4.69) is 15.3 Å². The maximum absolute atomic E-state index is 12.1. The van der Waals surface area contributed by atoms with Crippen molar-refractivity contribution >= 4 is 27.0 Å². The van der Waals surface area contributed by atoms with Gasteiger partial charge in [0.1, 0.15) is 5.69 Å². The number of primary sulfonamides is 1. The Hall–Kier alpha value is -2.71. The first-order valence-electron chi connectivity index (χ1n) is 6.77. The lowest BCUT2D eigenvalue weighted by atomic mass is 10.2. The van der Waals surface area contributed by atoms with Crippen molar-refractivity contribution in [1.82, 2.24) is 15.3 Å². The molecule has 0 radical (unpaired) electrons.